The number of rotatable bonds is 8. The highest BCUT2D eigenvalue weighted by atomic mass is 32.1. The van der Waals surface area contributed by atoms with E-state index >= 15 is 0 Å². The number of hydrogen-bond acceptors (Lipinski definition) is 7. The van der Waals surface area contributed by atoms with Gasteiger partial charge in [0.15, 0.2) is 0 Å². The van der Waals surface area contributed by atoms with Gasteiger partial charge in [0.2, 0.25) is 5.91 Å². The first-order valence-electron chi connectivity index (χ1n) is 9.60. The number of thiazole rings is 1. The van der Waals surface area contributed by atoms with Crippen molar-refractivity contribution in [3.63, 3.8) is 0 Å². The quantitative estimate of drug-likeness (QED) is 0.484. The van der Waals surface area contributed by atoms with Crippen LogP contribution in [0.3, 0.4) is 0 Å². The summed E-state index contributed by atoms with van der Waals surface area (Å²) in [7, 11) is 1.25. The van der Waals surface area contributed by atoms with Gasteiger partial charge in [0.25, 0.3) is 0 Å². The van der Waals surface area contributed by atoms with Crippen LogP contribution in [-0.4, -0.2) is 37.3 Å². The van der Waals surface area contributed by atoms with Crippen LogP contribution in [0, 0.1) is 6.92 Å². The fourth-order valence-corrected chi connectivity index (χ4v) is 3.82. The number of nitrogens with zero attached hydrogens (tertiary/aromatic N) is 2. The largest absolute Gasteiger partial charge is 0.486 e. The molecular weight excluding hydrogens is 404 g/mol. The first kappa shape index (κ1) is 21.7. The second-order valence-corrected chi connectivity index (χ2v) is 7.57. The molecule has 0 saturated heterocycles. The van der Waals surface area contributed by atoms with Crippen molar-refractivity contribution in [3.8, 4) is 5.75 Å². The molecule has 7 nitrogen and oxygen atoms in total. The van der Waals surface area contributed by atoms with Crippen LogP contribution in [0.4, 0.5) is 10.5 Å². The van der Waals surface area contributed by atoms with Crippen molar-refractivity contribution in [2.24, 2.45) is 0 Å². The Hall–Kier alpha value is -2.97. The Kier molecular flexibility index (Phi) is 7.37. The highest BCUT2D eigenvalue weighted by molar-refractivity contribution is 7.18. The van der Waals surface area contributed by atoms with Gasteiger partial charge in [0.1, 0.15) is 17.4 Å². The van der Waals surface area contributed by atoms with Crippen LogP contribution in [0.25, 0.3) is 10.2 Å². The number of imide groups is 1. The Balaban J connectivity index is 1.73. The van der Waals surface area contributed by atoms with Gasteiger partial charge in [-0.15, -0.1) is 11.3 Å². The maximum absolute atomic E-state index is 12.6. The van der Waals surface area contributed by atoms with Crippen molar-refractivity contribution >= 4 is 39.2 Å². The zero-order chi connectivity index (χ0) is 21.5. The molecule has 1 aromatic heterocycles. The van der Waals surface area contributed by atoms with Gasteiger partial charge in [-0.2, -0.15) is 0 Å². The summed E-state index contributed by atoms with van der Waals surface area (Å²) in [6, 6.07) is 13.1. The summed E-state index contributed by atoms with van der Waals surface area (Å²) in [5.74, 6) is 0.239. The van der Waals surface area contributed by atoms with Crippen molar-refractivity contribution in [2.75, 3.05) is 25.2 Å². The molecule has 2 aromatic carbocycles. The molecule has 1 heterocycles. The maximum atomic E-state index is 12.6. The zero-order valence-corrected chi connectivity index (χ0v) is 18.0. The molecule has 0 spiro atoms. The third-order valence-corrected chi connectivity index (χ3v) is 5.39. The van der Waals surface area contributed by atoms with E-state index in [0.29, 0.717) is 30.2 Å². The molecule has 0 N–H and O–H groups in total. The van der Waals surface area contributed by atoms with Crippen LogP contribution < -0.4 is 9.64 Å². The Bertz CT molecular complexity index is 1000. The average Bonchev–Trinajstić information content (AvgIpc) is 3.17. The normalized spacial score (nSPS) is 10.8. The molecule has 0 radical (unpaired) electrons. The van der Waals surface area contributed by atoms with Crippen molar-refractivity contribution < 1.29 is 23.8 Å². The number of aryl methyl sites for hydroxylation is 1. The van der Waals surface area contributed by atoms with E-state index in [1.807, 2.05) is 38.1 Å². The minimum absolute atomic E-state index is 0.0816. The predicted molar refractivity (Wildman–Crippen MR) is 116 cm³/mol. The molecule has 0 atom stereocenters. The number of benzene rings is 2. The number of amides is 2. The summed E-state index contributed by atoms with van der Waals surface area (Å²) in [6.07, 6.45) is -0.652. The van der Waals surface area contributed by atoms with Gasteiger partial charge >= 0.3 is 6.09 Å². The Morgan fingerprint density at radius 3 is 2.67 bits per heavy atom. The van der Waals surface area contributed by atoms with E-state index in [4.69, 9.17) is 14.2 Å². The van der Waals surface area contributed by atoms with Crippen molar-refractivity contribution in [1.82, 2.24) is 4.98 Å². The first-order chi connectivity index (χ1) is 14.5. The van der Waals surface area contributed by atoms with E-state index in [1.165, 1.54) is 7.11 Å². The molecule has 2 amide bonds. The van der Waals surface area contributed by atoms with Crippen LogP contribution in [0.5, 0.6) is 5.75 Å². The number of para-hydroxylation sites is 1. The lowest BCUT2D eigenvalue weighted by Gasteiger charge is -2.21. The molecule has 0 aliphatic carbocycles. The van der Waals surface area contributed by atoms with Crippen LogP contribution in [-0.2, 0) is 20.9 Å². The van der Waals surface area contributed by atoms with E-state index in [0.717, 1.165) is 20.1 Å². The van der Waals surface area contributed by atoms with E-state index < -0.39 is 6.09 Å². The number of hydrogen-bond donors (Lipinski definition) is 0. The van der Waals surface area contributed by atoms with Crippen LogP contribution in [0.2, 0.25) is 0 Å². The number of carbonyl (C=O) groups excluding carboxylic acids is 2. The Labute approximate surface area is 179 Å². The molecule has 30 heavy (non-hydrogen) atoms. The lowest BCUT2D eigenvalue weighted by molar-refractivity contribution is -0.119. The first-order valence-corrected chi connectivity index (χ1v) is 10.4. The molecular formula is C22H24N2O5S. The zero-order valence-electron chi connectivity index (χ0n) is 17.2. The average molecular weight is 429 g/mol. The number of fused-ring (bicyclic) bond motifs is 1. The highest BCUT2D eigenvalue weighted by Crippen LogP contribution is 2.28. The van der Waals surface area contributed by atoms with Gasteiger partial charge in [0.05, 0.1) is 36.0 Å². The van der Waals surface area contributed by atoms with E-state index in [2.05, 4.69) is 4.98 Å². The molecule has 0 fully saturated rings. The second kappa shape index (κ2) is 10.2. The van der Waals surface area contributed by atoms with Gasteiger partial charge in [-0.1, -0.05) is 12.1 Å². The molecule has 0 saturated carbocycles. The number of carbonyl (C=O) groups is 2. The van der Waals surface area contributed by atoms with Gasteiger partial charge < -0.3 is 14.2 Å². The monoisotopic (exact) mass is 428 g/mol. The van der Waals surface area contributed by atoms with E-state index in [-0.39, 0.29) is 18.9 Å². The highest BCUT2D eigenvalue weighted by Gasteiger charge is 2.25. The van der Waals surface area contributed by atoms with E-state index in [9.17, 15) is 9.59 Å². The lowest BCUT2D eigenvalue weighted by Crippen LogP contribution is -2.38. The smallest absolute Gasteiger partial charge is 0.420 e. The summed E-state index contributed by atoms with van der Waals surface area (Å²) in [5.41, 5.74) is 2.12. The molecule has 3 rings (SSSR count). The van der Waals surface area contributed by atoms with Crippen molar-refractivity contribution in [2.45, 2.75) is 26.9 Å². The minimum atomic E-state index is -0.734. The number of anilines is 1. The predicted octanol–water partition coefficient (Wildman–Crippen LogP) is 4.71. The molecule has 0 unspecified atom stereocenters. The topological polar surface area (TPSA) is 78.0 Å². The summed E-state index contributed by atoms with van der Waals surface area (Å²) >= 11 is 1.59. The maximum Gasteiger partial charge on any atom is 0.420 e. The molecule has 0 aliphatic heterocycles. The lowest BCUT2D eigenvalue weighted by atomic mass is 10.1. The van der Waals surface area contributed by atoms with Gasteiger partial charge in [0, 0.05) is 6.61 Å². The SMILES string of the molecule is CCOCCC(=O)N(C(=O)OC)c1ccc(OCc2nc3ccccc3s2)cc1C. The van der Waals surface area contributed by atoms with Crippen molar-refractivity contribution in [3.05, 3.63) is 53.0 Å². The number of aromatic nitrogens is 1. The number of ether oxygens (including phenoxy) is 3. The molecule has 8 heteroatoms. The molecule has 158 valence electrons. The molecule has 0 bridgehead atoms. The second-order valence-electron chi connectivity index (χ2n) is 6.46. The van der Waals surface area contributed by atoms with Crippen LogP contribution in [0.1, 0.15) is 23.9 Å². The standard InChI is InChI=1S/C22H24N2O5S/c1-4-28-12-11-21(25)24(22(26)27-3)18-10-9-16(13-15(18)2)29-14-20-23-17-7-5-6-8-19(17)30-20/h5-10,13H,4,11-12,14H2,1-3H3. The molecule has 3 aromatic rings. The summed E-state index contributed by atoms with van der Waals surface area (Å²) in [5, 5.41) is 0.875. The third-order valence-electron chi connectivity index (χ3n) is 4.38. The summed E-state index contributed by atoms with van der Waals surface area (Å²) in [4.78, 5) is 30.4. The van der Waals surface area contributed by atoms with Crippen LogP contribution in [0.15, 0.2) is 42.5 Å². The van der Waals surface area contributed by atoms with Gasteiger partial charge in [-0.3, -0.25) is 4.79 Å². The van der Waals surface area contributed by atoms with Gasteiger partial charge in [-0.05, 0) is 49.7 Å². The minimum Gasteiger partial charge on any atom is -0.486 e. The van der Waals surface area contributed by atoms with Gasteiger partial charge in [-0.25, -0.2) is 14.7 Å². The summed E-state index contributed by atoms with van der Waals surface area (Å²) < 4.78 is 17.0. The van der Waals surface area contributed by atoms with Crippen molar-refractivity contribution in [1.29, 1.82) is 0 Å². The number of methoxy groups -OCH3 is 1. The fourth-order valence-electron chi connectivity index (χ4n) is 2.94. The van der Waals surface area contributed by atoms with Crippen LogP contribution >= 0.6 is 11.3 Å². The Morgan fingerprint density at radius 2 is 1.97 bits per heavy atom. The Morgan fingerprint density at radius 1 is 1.17 bits per heavy atom. The third kappa shape index (κ3) is 5.14. The fraction of sp³-hybridized carbons (Fsp3) is 0.318. The van der Waals surface area contributed by atoms with E-state index in [1.54, 1.807) is 29.5 Å². The molecule has 0 aliphatic rings. The summed E-state index contributed by atoms with van der Waals surface area (Å²) in [6.45, 7) is 4.74.